The van der Waals surface area contributed by atoms with Crippen LogP contribution in [0.5, 0.6) is 0 Å². The van der Waals surface area contributed by atoms with E-state index in [4.69, 9.17) is 11.6 Å². The van der Waals surface area contributed by atoms with E-state index in [0.29, 0.717) is 23.3 Å². The third-order valence-electron chi connectivity index (χ3n) is 2.97. The van der Waals surface area contributed by atoms with E-state index in [9.17, 15) is 5.11 Å². The molecule has 0 fully saturated rings. The highest BCUT2D eigenvalue weighted by atomic mass is 35.5. The van der Waals surface area contributed by atoms with Crippen molar-refractivity contribution >= 4 is 17.4 Å². The third kappa shape index (κ3) is 5.25. The first-order chi connectivity index (χ1) is 9.10. The minimum Gasteiger partial charge on any atom is -0.391 e. The van der Waals surface area contributed by atoms with Crippen LogP contribution < -0.4 is 5.32 Å². The fourth-order valence-electron chi connectivity index (χ4n) is 1.93. The molecule has 1 unspecified atom stereocenters. The van der Waals surface area contributed by atoms with Crippen molar-refractivity contribution in [3.05, 3.63) is 16.5 Å². The van der Waals surface area contributed by atoms with Gasteiger partial charge in [-0.2, -0.15) is 0 Å². The molecule has 0 bridgehead atoms. The van der Waals surface area contributed by atoms with Crippen molar-refractivity contribution in [2.75, 3.05) is 11.9 Å². The minimum absolute atomic E-state index is 0.0998. The molecule has 2 N–H and O–H groups in total. The zero-order valence-electron chi connectivity index (χ0n) is 13.3. The summed E-state index contributed by atoms with van der Waals surface area (Å²) >= 11 is 6.13. The number of hydrogen-bond donors (Lipinski definition) is 2. The molecule has 20 heavy (non-hydrogen) atoms. The monoisotopic (exact) mass is 299 g/mol. The highest BCUT2D eigenvalue weighted by Gasteiger charge is 2.18. The van der Waals surface area contributed by atoms with Gasteiger partial charge in [0, 0.05) is 18.0 Å². The van der Waals surface area contributed by atoms with Gasteiger partial charge < -0.3 is 10.4 Å². The normalized spacial score (nSPS) is 13.7. The molecule has 0 aliphatic carbocycles. The zero-order valence-corrected chi connectivity index (χ0v) is 14.0. The summed E-state index contributed by atoms with van der Waals surface area (Å²) < 4.78 is 0. The van der Waals surface area contributed by atoms with Crippen LogP contribution in [0.4, 0.5) is 5.82 Å². The van der Waals surface area contributed by atoms with Crippen LogP contribution in [0.3, 0.4) is 0 Å². The van der Waals surface area contributed by atoms with Crippen LogP contribution in [-0.2, 0) is 0 Å². The minimum atomic E-state index is -0.411. The average molecular weight is 300 g/mol. The predicted molar refractivity (Wildman–Crippen MR) is 84.4 cm³/mol. The Morgan fingerprint density at radius 3 is 2.35 bits per heavy atom. The lowest BCUT2D eigenvalue weighted by atomic mass is 9.89. The van der Waals surface area contributed by atoms with Gasteiger partial charge in [0.05, 0.1) is 6.10 Å². The number of aliphatic hydroxyl groups is 1. The first kappa shape index (κ1) is 17.2. The number of hydrogen-bond acceptors (Lipinski definition) is 4. The SMILES string of the molecule is Cc1c(Cl)nc(C(C)C)nc1NCC(O)CC(C)(C)C. The van der Waals surface area contributed by atoms with Gasteiger partial charge in [0.25, 0.3) is 0 Å². The summed E-state index contributed by atoms with van der Waals surface area (Å²) in [6, 6.07) is 0. The van der Waals surface area contributed by atoms with E-state index < -0.39 is 6.10 Å². The van der Waals surface area contributed by atoms with E-state index >= 15 is 0 Å². The first-order valence-corrected chi connectivity index (χ1v) is 7.44. The molecule has 1 heterocycles. The standard InChI is InChI=1S/C15H26ClN3O/c1-9(2)13-18-12(16)10(3)14(19-13)17-8-11(20)7-15(4,5)6/h9,11,20H,7-8H2,1-6H3,(H,17,18,19). The van der Waals surface area contributed by atoms with E-state index in [2.05, 4.69) is 36.1 Å². The molecular weight excluding hydrogens is 274 g/mol. The van der Waals surface area contributed by atoms with E-state index in [1.807, 2.05) is 20.8 Å². The van der Waals surface area contributed by atoms with Crippen molar-refractivity contribution < 1.29 is 5.11 Å². The van der Waals surface area contributed by atoms with E-state index in [1.165, 1.54) is 0 Å². The second kappa shape index (κ2) is 6.72. The van der Waals surface area contributed by atoms with Gasteiger partial charge in [-0.25, -0.2) is 9.97 Å². The molecule has 0 saturated carbocycles. The summed E-state index contributed by atoms with van der Waals surface area (Å²) in [4.78, 5) is 8.75. The highest BCUT2D eigenvalue weighted by molar-refractivity contribution is 6.30. The Kier molecular flexibility index (Phi) is 5.78. The molecule has 5 heteroatoms. The highest BCUT2D eigenvalue weighted by Crippen LogP contribution is 2.24. The van der Waals surface area contributed by atoms with Crippen molar-refractivity contribution in [2.24, 2.45) is 5.41 Å². The number of aromatic nitrogens is 2. The van der Waals surface area contributed by atoms with Gasteiger partial charge >= 0.3 is 0 Å². The Bertz CT molecular complexity index is 455. The maximum absolute atomic E-state index is 10.0. The van der Waals surface area contributed by atoms with Crippen molar-refractivity contribution in [2.45, 2.75) is 60.0 Å². The average Bonchev–Trinajstić information content (AvgIpc) is 2.28. The Morgan fingerprint density at radius 2 is 1.85 bits per heavy atom. The molecule has 0 radical (unpaired) electrons. The van der Waals surface area contributed by atoms with Crippen LogP contribution in [-0.4, -0.2) is 27.7 Å². The van der Waals surface area contributed by atoms with Crippen LogP contribution in [0.1, 0.15) is 58.3 Å². The number of halogens is 1. The molecule has 0 aliphatic rings. The predicted octanol–water partition coefficient (Wildman–Crippen LogP) is 3.77. The lowest BCUT2D eigenvalue weighted by molar-refractivity contribution is 0.132. The molecule has 0 aromatic carbocycles. The molecular formula is C15H26ClN3O. The summed E-state index contributed by atoms with van der Waals surface area (Å²) in [5, 5.41) is 13.7. The molecule has 0 amide bonds. The van der Waals surface area contributed by atoms with Gasteiger partial charge in [-0.1, -0.05) is 46.2 Å². The molecule has 1 rings (SSSR count). The zero-order chi connectivity index (χ0) is 15.5. The van der Waals surface area contributed by atoms with Gasteiger partial charge in [-0.3, -0.25) is 0 Å². The third-order valence-corrected chi connectivity index (χ3v) is 3.34. The molecule has 0 spiro atoms. The topological polar surface area (TPSA) is 58.0 Å². The second-order valence-corrected chi connectivity index (χ2v) is 7.16. The van der Waals surface area contributed by atoms with Gasteiger partial charge in [0.2, 0.25) is 0 Å². The number of rotatable bonds is 5. The van der Waals surface area contributed by atoms with Crippen LogP contribution in [0.2, 0.25) is 5.15 Å². The van der Waals surface area contributed by atoms with Gasteiger partial charge in [-0.05, 0) is 18.8 Å². The van der Waals surface area contributed by atoms with Gasteiger partial charge in [-0.15, -0.1) is 0 Å². The molecule has 4 nitrogen and oxygen atoms in total. The fourth-order valence-corrected chi connectivity index (χ4v) is 2.11. The second-order valence-electron chi connectivity index (χ2n) is 6.80. The smallest absolute Gasteiger partial charge is 0.137 e. The van der Waals surface area contributed by atoms with Gasteiger partial charge in [0.15, 0.2) is 0 Å². The number of nitrogens with zero attached hydrogens (tertiary/aromatic N) is 2. The molecule has 0 saturated heterocycles. The fraction of sp³-hybridized carbons (Fsp3) is 0.733. The number of anilines is 1. The van der Waals surface area contributed by atoms with E-state index in [0.717, 1.165) is 12.0 Å². The van der Waals surface area contributed by atoms with Crippen LogP contribution in [0.15, 0.2) is 0 Å². The quantitative estimate of drug-likeness (QED) is 0.813. The Labute approximate surface area is 127 Å². The molecule has 114 valence electrons. The summed E-state index contributed by atoms with van der Waals surface area (Å²) in [5.74, 6) is 1.64. The van der Waals surface area contributed by atoms with E-state index in [1.54, 1.807) is 0 Å². The lowest BCUT2D eigenvalue weighted by Crippen LogP contribution is -2.26. The molecule has 1 atom stereocenters. The maximum atomic E-state index is 10.0. The summed E-state index contributed by atoms with van der Waals surface area (Å²) in [7, 11) is 0. The van der Waals surface area contributed by atoms with Crippen molar-refractivity contribution in [1.82, 2.24) is 9.97 Å². The molecule has 0 aliphatic heterocycles. The van der Waals surface area contributed by atoms with Gasteiger partial charge in [0.1, 0.15) is 16.8 Å². The van der Waals surface area contributed by atoms with Crippen LogP contribution >= 0.6 is 11.6 Å². The van der Waals surface area contributed by atoms with Crippen molar-refractivity contribution in [1.29, 1.82) is 0 Å². The Balaban J connectivity index is 2.77. The Morgan fingerprint density at radius 1 is 1.25 bits per heavy atom. The van der Waals surface area contributed by atoms with Crippen LogP contribution in [0.25, 0.3) is 0 Å². The summed E-state index contributed by atoms with van der Waals surface area (Å²) in [5.41, 5.74) is 0.918. The number of nitrogens with one attached hydrogen (secondary N) is 1. The maximum Gasteiger partial charge on any atom is 0.137 e. The first-order valence-electron chi connectivity index (χ1n) is 7.06. The summed E-state index contributed by atoms with van der Waals surface area (Å²) in [6.07, 6.45) is 0.320. The largest absolute Gasteiger partial charge is 0.391 e. The van der Waals surface area contributed by atoms with Crippen molar-refractivity contribution in [3.8, 4) is 0 Å². The lowest BCUT2D eigenvalue weighted by Gasteiger charge is -2.23. The molecule has 1 aromatic heterocycles. The Hall–Kier alpha value is -0.870. The number of aliphatic hydroxyl groups excluding tert-OH is 1. The summed E-state index contributed by atoms with van der Waals surface area (Å²) in [6.45, 7) is 12.7. The van der Waals surface area contributed by atoms with Crippen molar-refractivity contribution in [3.63, 3.8) is 0 Å². The van der Waals surface area contributed by atoms with Crippen LogP contribution in [0, 0.1) is 12.3 Å². The molecule has 1 aromatic rings. The van der Waals surface area contributed by atoms with E-state index in [-0.39, 0.29) is 11.3 Å².